The smallest absolute Gasteiger partial charge is 0.317 e. The Morgan fingerprint density at radius 3 is 2.46 bits per heavy atom. The molecule has 1 atom stereocenters. The van der Waals surface area contributed by atoms with Gasteiger partial charge in [-0.05, 0) is 32.3 Å². The molecule has 1 aromatic carbocycles. The average Bonchev–Trinajstić information content (AvgIpc) is 3.07. The first kappa shape index (κ1) is 18.3. The summed E-state index contributed by atoms with van der Waals surface area (Å²) < 4.78 is 0. The molecule has 3 amide bonds. The lowest BCUT2D eigenvalue weighted by molar-refractivity contribution is -0.121. The third-order valence-corrected chi connectivity index (χ3v) is 4.81. The highest BCUT2D eigenvalue weighted by Crippen LogP contribution is 2.19. The molecule has 0 aliphatic heterocycles. The van der Waals surface area contributed by atoms with E-state index in [-0.39, 0.29) is 18.0 Å². The first-order valence-corrected chi connectivity index (χ1v) is 8.84. The van der Waals surface area contributed by atoms with E-state index in [9.17, 15) is 9.59 Å². The van der Waals surface area contributed by atoms with Crippen molar-refractivity contribution in [3.63, 3.8) is 0 Å². The molecule has 1 saturated carbocycles. The van der Waals surface area contributed by atoms with E-state index in [1.54, 1.807) is 11.9 Å². The number of carbonyl (C=O) groups excluding carboxylic acids is 2. The van der Waals surface area contributed by atoms with Gasteiger partial charge in [-0.25, -0.2) is 4.79 Å². The van der Waals surface area contributed by atoms with Crippen LogP contribution in [0.25, 0.3) is 0 Å². The molecule has 2 rings (SSSR count). The minimum Gasteiger partial charge on any atom is -0.353 e. The molecule has 1 aliphatic carbocycles. The molecule has 2 N–H and O–H groups in total. The van der Waals surface area contributed by atoms with Gasteiger partial charge in [-0.3, -0.25) is 4.79 Å². The number of benzene rings is 1. The average molecular weight is 331 g/mol. The van der Waals surface area contributed by atoms with Crippen LogP contribution in [0.3, 0.4) is 0 Å². The molecule has 0 bridgehead atoms. The van der Waals surface area contributed by atoms with Crippen LogP contribution in [0.1, 0.15) is 56.2 Å². The normalized spacial score (nSPS) is 15.8. The van der Waals surface area contributed by atoms with Gasteiger partial charge in [0.2, 0.25) is 5.91 Å². The third-order valence-electron chi connectivity index (χ3n) is 4.81. The Kier molecular flexibility index (Phi) is 6.64. The van der Waals surface area contributed by atoms with E-state index in [1.165, 1.54) is 18.4 Å². The summed E-state index contributed by atoms with van der Waals surface area (Å²) in [5.74, 6) is 0.0245. The summed E-state index contributed by atoms with van der Waals surface area (Å²) >= 11 is 0. The van der Waals surface area contributed by atoms with E-state index >= 15 is 0 Å². The maximum Gasteiger partial charge on any atom is 0.317 e. The molecule has 1 aromatic rings. The summed E-state index contributed by atoms with van der Waals surface area (Å²) in [6.45, 7) is 4.40. The highest BCUT2D eigenvalue weighted by Gasteiger charge is 2.19. The molecule has 1 fully saturated rings. The molecule has 0 spiro atoms. The predicted molar refractivity (Wildman–Crippen MR) is 95.8 cm³/mol. The topological polar surface area (TPSA) is 61.4 Å². The number of hydrogen-bond donors (Lipinski definition) is 2. The SMILES string of the molecule is Cc1ccc(C(C)N(C)C(=O)NCCC(=O)NC2CCCC2)cc1. The molecule has 0 heterocycles. The zero-order valence-electron chi connectivity index (χ0n) is 15.0. The minimum absolute atomic E-state index is 0.0158. The van der Waals surface area contributed by atoms with Gasteiger partial charge in [0.1, 0.15) is 0 Å². The zero-order valence-corrected chi connectivity index (χ0v) is 15.0. The van der Waals surface area contributed by atoms with Crippen LogP contribution in [-0.2, 0) is 4.79 Å². The summed E-state index contributed by atoms with van der Waals surface area (Å²) in [5.41, 5.74) is 2.29. The maximum absolute atomic E-state index is 12.2. The zero-order chi connectivity index (χ0) is 17.5. The first-order chi connectivity index (χ1) is 11.5. The fourth-order valence-corrected chi connectivity index (χ4v) is 3.02. The lowest BCUT2D eigenvalue weighted by atomic mass is 10.1. The Labute approximate surface area is 144 Å². The number of amides is 3. The standard InChI is InChI=1S/C19H29N3O2/c1-14-8-10-16(11-9-14)15(2)22(3)19(24)20-13-12-18(23)21-17-6-4-5-7-17/h8-11,15,17H,4-7,12-13H2,1-3H3,(H,20,24)(H,21,23). The molecule has 0 aromatic heterocycles. The molecule has 5 nitrogen and oxygen atoms in total. The van der Waals surface area contributed by atoms with Crippen LogP contribution in [0.2, 0.25) is 0 Å². The van der Waals surface area contributed by atoms with Gasteiger partial charge in [-0.1, -0.05) is 42.7 Å². The highest BCUT2D eigenvalue weighted by molar-refractivity contribution is 5.78. The van der Waals surface area contributed by atoms with Crippen molar-refractivity contribution in [2.24, 2.45) is 0 Å². The van der Waals surface area contributed by atoms with Crippen molar-refractivity contribution in [1.82, 2.24) is 15.5 Å². The summed E-state index contributed by atoms with van der Waals surface area (Å²) in [6, 6.07) is 8.33. The summed E-state index contributed by atoms with van der Waals surface area (Å²) in [4.78, 5) is 25.8. The van der Waals surface area contributed by atoms with Gasteiger partial charge in [0.15, 0.2) is 0 Å². The van der Waals surface area contributed by atoms with E-state index in [0.717, 1.165) is 18.4 Å². The largest absolute Gasteiger partial charge is 0.353 e. The van der Waals surface area contributed by atoms with E-state index in [2.05, 4.69) is 10.6 Å². The number of nitrogens with zero attached hydrogens (tertiary/aromatic N) is 1. The fourth-order valence-electron chi connectivity index (χ4n) is 3.02. The quantitative estimate of drug-likeness (QED) is 0.841. The van der Waals surface area contributed by atoms with Crippen LogP contribution in [0.15, 0.2) is 24.3 Å². The lowest BCUT2D eigenvalue weighted by Crippen LogP contribution is -2.41. The van der Waals surface area contributed by atoms with Crippen LogP contribution < -0.4 is 10.6 Å². The molecule has 0 saturated heterocycles. The highest BCUT2D eigenvalue weighted by atomic mass is 16.2. The van der Waals surface area contributed by atoms with Crippen molar-refractivity contribution in [1.29, 1.82) is 0 Å². The Balaban J connectivity index is 1.72. The Morgan fingerprint density at radius 1 is 1.21 bits per heavy atom. The molecule has 0 radical (unpaired) electrons. The number of carbonyl (C=O) groups is 2. The first-order valence-electron chi connectivity index (χ1n) is 8.84. The molecule has 1 unspecified atom stereocenters. The Bertz CT molecular complexity index is 550. The van der Waals surface area contributed by atoms with Crippen LogP contribution in [0.4, 0.5) is 4.79 Å². The van der Waals surface area contributed by atoms with Gasteiger partial charge in [-0.2, -0.15) is 0 Å². The second kappa shape index (κ2) is 8.71. The molecule has 24 heavy (non-hydrogen) atoms. The molecule has 5 heteroatoms. The van der Waals surface area contributed by atoms with Crippen molar-refractivity contribution in [3.05, 3.63) is 35.4 Å². The van der Waals surface area contributed by atoms with Crippen molar-refractivity contribution in [2.45, 2.75) is 58.0 Å². The van der Waals surface area contributed by atoms with Crippen molar-refractivity contribution >= 4 is 11.9 Å². The van der Waals surface area contributed by atoms with Gasteiger partial charge in [0.25, 0.3) is 0 Å². The fraction of sp³-hybridized carbons (Fsp3) is 0.579. The second-order valence-electron chi connectivity index (χ2n) is 6.73. The minimum atomic E-state index is -0.156. The molecule has 132 valence electrons. The van der Waals surface area contributed by atoms with Gasteiger partial charge >= 0.3 is 6.03 Å². The van der Waals surface area contributed by atoms with Crippen molar-refractivity contribution in [2.75, 3.05) is 13.6 Å². The number of rotatable bonds is 6. The van der Waals surface area contributed by atoms with Crippen molar-refractivity contribution in [3.8, 4) is 0 Å². The van der Waals surface area contributed by atoms with Crippen LogP contribution in [-0.4, -0.2) is 36.5 Å². The monoisotopic (exact) mass is 331 g/mol. The van der Waals surface area contributed by atoms with Gasteiger partial charge in [0.05, 0.1) is 6.04 Å². The van der Waals surface area contributed by atoms with Crippen LogP contribution in [0.5, 0.6) is 0 Å². The maximum atomic E-state index is 12.2. The van der Waals surface area contributed by atoms with Gasteiger partial charge in [0, 0.05) is 26.1 Å². The third kappa shape index (κ3) is 5.25. The van der Waals surface area contributed by atoms with E-state index < -0.39 is 0 Å². The molecular formula is C19H29N3O2. The number of nitrogens with one attached hydrogen (secondary N) is 2. The molecular weight excluding hydrogens is 302 g/mol. The van der Waals surface area contributed by atoms with Crippen LogP contribution >= 0.6 is 0 Å². The van der Waals surface area contributed by atoms with Crippen molar-refractivity contribution < 1.29 is 9.59 Å². The van der Waals surface area contributed by atoms with E-state index in [0.29, 0.717) is 19.0 Å². The summed E-state index contributed by atoms with van der Waals surface area (Å²) in [6.07, 6.45) is 4.88. The lowest BCUT2D eigenvalue weighted by Gasteiger charge is -2.25. The van der Waals surface area contributed by atoms with Gasteiger partial charge in [-0.15, -0.1) is 0 Å². The van der Waals surface area contributed by atoms with E-state index in [4.69, 9.17) is 0 Å². The second-order valence-corrected chi connectivity index (χ2v) is 6.73. The number of aryl methyl sites for hydroxylation is 1. The number of hydrogen-bond acceptors (Lipinski definition) is 2. The number of urea groups is 1. The molecule has 1 aliphatic rings. The summed E-state index contributed by atoms with van der Waals surface area (Å²) in [7, 11) is 1.78. The summed E-state index contributed by atoms with van der Waals surface area (Å²) in [5, 5.41) is 5.86. The van der Waals surface area contributed by atoms with Crippen LogP contribution in [0, 0.1) is 6.92 Å². The Hall–Kier alpha value is -2.04. The van der Waals surface area contributed by atoms with E-state index in [1.807, 2.05) is 38.1 Å². The Morgan fingerprint density at radius 2 is 1.83 bits per heavy atom. The van der Waals surface area contributed by atoms with Gasteiger partial charge < -0.3 is 15.5 Å². The predicted octanol–water partition coefficient (Wildman–Crippen LogP) is 3.15.